The number of anilines is 1. The number of benzene rings is 1. The van der Waals surface area contributed by atoms with E-state index in [9.17, 15) is 21.6 Å². The molecule has 1 rings (SSSR count). The van der Waals surface area contributed by atoms with Crippen molar-refractivity contribution in [3.05, 3.63) is 29.3 Å². The SMILES string of the molecule is Cc1ccc(C(F)(F)F)cc1NS(=O)(=O)N(C)CCCO. The van der Waals surface area contributed by atoms with E-state index in [0.29, 0.717) is 5.56 Å². The molecular formula is C12H17F3N2O3S. The van der Waals surface area contributed by atoms with Gasteiger partial charge < -0.3 is 5.11 Å². The lowest BCUT2D eigenvalue weighted by atomic mass is 10.1. The molecule has 2 N–H and O–H groups in total. The van der Waals surface area contributed by atoms with Crippen LogP contribution in [0.15, 0.2) is 18.2 Å². The fourth-order valence-electron chi connectivity index (χ4n) is 1.54. The molecule has 0 saturated carbocycles. The van der Waals surface area contributed by atoms with Crippen LogP contribution < -0.4 is 4.72 Å². The summed E-state index contributed by atoms with van der Waals surface area (Å²) in [7, 11) is -2.69. The Hall–Kier alpha value is -1.32. The average molecular weight is 326 g/mol. The summed E-state index contributed by atoms with van der Waals surface area (Å²) in [5.74, 6) is 0. The predicted octanol–water partition coefficient (Wildman–Crippen LogP) is 1.98. The van der Waals surface area contributed by atoms with Gasteiger partial charge in [0.05, 0.1) is 11.3 Å². The van der Waals surface area contributed by atoms with E-state index in [-0.39, 0.29) is 25.3 Å². The smallest absolute Gasteiger partial charge is 0.396 e. The number of aliphatic hydroxyl groups is 1. The lowest BCUT2D eigenvalue weighted by molar-refractivity contribution is -0.137. The van der Waals surface area contributed by atoms with Gasteiger partial charge in [-0.2, -0.15) is 25.9 Å². The molecule has 0 radical (unpaired) electrons. The molecule has 0 spiro atoms. The zero-order valence-electron chi connectivity index (χ0n) is 11.6. The number of aliphatic hydroxyl groups excluding tert-OH is 1. The highest BCUT2D eigenvalue weighted by Crippen LogP contribution is 2.32. The van der Waals surface area contributed by atoms with Crippen LogP contribution in [-0.4, -0.2) is 38.0 Å². The van der Waals surface area contributed by atoms with Crippen molar-refractivity contribution in [1.82, 2.24) is 4.31 Å². The highest BCUT2D eigenvalue weighted by Gasteiger charge is 2.31. The Bertz CT molecular complexity index is 588. The van der Waals surface area contributed by atoms with Crippen LogP contribution in [0, 0.1) is 6.92 Å². The monoisotopic (exact) mass is 326 g/mol. The number of nitrogens with zero attached hydrogens (tertiary/aromatic N) is 1. The molecule has 0 amide bonds. The van der Waals surface area contributed by atoms with E-state index in [1.807, 2.05) is 0 Å². The molecule has 5 nitrogen and oxygen atoms in total. The van der Waals surface area contributed by atoms with Crippen LogP contribution in [0.2, 0.25) is 0 Å². The molecule has 1 aromatic carbocycles. The third kappa shape index (κ3) is 4.87. The van der Waals surface area contributed by atoms with Crippen LogP contribution in [-0.2, 0) is 16.4 Å². The van der Waals surface area contributed by atoms with Crippen molar-refractivity contribution in [2.24, 2.45) is 0 Å². The molecule has 0 saturated heterocycles. The minimum Gasteiger partial charge on any atom is -0.396 e. The molecule has 21 heavy (non-hydrogen) atoms. The largest absolute Gasteiger partial charge is 0.416 e. The van der Waals surface area contributed by atoms with Crippen molar-refractivity contribution in [3.63, 3.8) is 0 Å². The highest BCUT2D eigenvalue weighted by atomic mass is 32.2. The lowest BCUT2D eigenvalue weighted by Crippen LogP contribution is -2.33. The first-order chi connectivity index (χ1) is 9.58. The quantitative estimate of drug-likeness (QED) is 0.840. The van der Waals surface area contributed by atoms with Crippen LogP contribution in [0.1, 0.15) is 17.5 Å². The average Bonchev–Trinajstić information content (AvgIpc) is 2.36. The van der Waals surface area contributed by atoms with Crippen LogP contribution >= 0.6 is 0 Å². The topological polar surface area (TPSA) is 69.6 Å². The lowest BCUT2D eigenvalue weighted by Gasteiger charge is -2.19. The number of halogens is 3. The second kappa shape index (κ2) is 6.63. The molecule has 120 valence electrons. The number of aryl methyl sites for hydroxylation is 1. The first kappa shape index (κ1) is 17.7. The van der Waals surface area contributed by atoms with Crippen molar-refractivity contribution in [3.8, 4) is 0 Å². The van der Waals surface area contributed by atoms with Crippen LogP contribution in [0.5, 0.6) is 0 Å². The minimum absolute atomic E-state index is 0.0594. The summed E-state index contributed by atoms with van der Waals surface area (Å²) in [4.78, 5) is 0. The molecule has 0 aromatic heterocycles. The zero-order valence-corrected chi connectivity index (χ0v) is 12.4. The number of hydrogen-bond acceptors (Lipinski definition) is 3. The van der Waals surface area contributed by atoms with Gasteiger partial charge in [0, 0.05) is 20.2 Å². The summed E-state index contributed by atoms with van der Waals surface area (Å²) in [6.07, 6.45) is -4.31. The molecule has 0 bridgehead atoms. The normalized spacial score (nSPS) is 12.7. The van der Waals surface area contributed by atoms with Crippen molar-refractivity contribution in [2.75, 3.05) is 24.9 Å². The van der Waals surface area contributed by atoms with E-state index in [2.05, 4.69) is 4.72 Å². The van der Waals surface area contributed by atoms with Crippen LogP contribution in [0.4, 0.5) is 18.9 Å². The molecule has 0 unspecified atom stereocenters. The standard InChI is InChI=1S/C12H17F3N2O3S/c1-9-4-5-10(12(13,14)15)8-11(9)16-21(19,20)17(2)6-3-7-18/h4-5,8,16,18H,3,6-7H2,1-2H3. The number of nitrogens with one attached hydrogen (secondary N) is 1. The van der Waals surface area contributed by atoms with E-state index in [4.69, 9.17) is 5.11 Å². The van der Waals surface area contributed by atoms with Crippen molar-refractivity contribution >= 4 is 15.9 Å². The molecular weight excluding hydrogens is 309 g/mol. The Morgan fingerprint density at radius 3 is 2.48 bits per heavy atom. The molecule has 1 aromatic rings. The molecule has 0 aliphatic rings. The van der Waals surface area contributed by atoms with Gasteiger partial charge in [-0.25, -0.2) is 0 Å². The Morgan fingerprint density at radius 2 is 1.95 bits per heavy atom. The van der Waals surface area contributed by atoms with Crippen molar-refractivity contribution in [1.29, 1.82) is 0 Å². The van der Waals surface area contributed by atoms with Gasteiger partial charge in [-0.1, -0.05) is 6.07 Å². The Balaban J connectivity index is 3.01. The van der Waals surface area contributed by atoms with E-state index >= 15 is 0 Å². The van der Waals surface area contributed by atoms with Gasteiger partial charge in [0.1, 0.15) is 0 Å². The fourth-order valence-corrected chi connectivity index (χ4v) is 2.56. The van der Waals surface area contributed by atoms with Gasteiger partial charge in [0.15, 0.2) is 0 Å². The third-order valence-corrected chi connectivity index (χ3v) is 4.33. The zero-order chi connectivity index (χ0) is 16.3. The van der Waals surface area contributed by atoms with Crippen LogP contribution in [0.3, 0.4) is 0 Å². The minimum atomic E-state index is -4.54. The molecule has 9 heteroatoms. The molecule has 0 aliphatic heterocycles. The molecule has 0 atom stereocenters. The summed E-state index contributed by atoms with van der Waals surface area (Å²) in [6.45, 7) is 1.39. The number of rotatable bonds is 6. The van der Waals surface area contributed by atoms with Gasteiger partial charge in [-0.05, 0) is 31.0 Å². The summed E-state index contributed by atoms with van der Waals surface area (Å²) in [6, 6.07) is 2.85. The Labute approximate surface area is 121 Å². The number of alkyl halides is 3. The summed E-state index contributed by atoms with van der Waals surface area (Å²) < 4.78 is 64.9. The van der Waals surface area contributed by atoms with Crippen molar-refractivity contribution in [2.45, 2.75) is 19.5 Å². The second-order valence-corrected chi connectivity index (χ2v) is 6.31. The molecule has 0 heterocycles. The highest BCUT2D eigenvalue weighted by molar-refractivity contribution is 7.90. The van der Waals surface area contributed by atoms with Gasteiger partial charge in [-0.15, -0.1) is 0 Å². The first-order valence-corrected chi connectivity index (χ1v) is 7.54. The summed E-state index contributed by atoms with van der Waals surface area (Å²) in [5.41, 5.74) is -0.674. The van der Waals surface area contributed by atoms with E-state index in [1.54, 1.807) is 0 Å². The molecule has 0 fully saturated rings. The third-order valence-electron chi connectivity index (χ3n) is 2.85. The maximum Gasteiger partial charge on any atom is 0.416 e. The summed E-state index contributed by atoms with van der Waals surface area (Å²) in [5, 5.41) is 8.67. The van der Waals surface area contributed by atoms with Gasteiger partial charge in [-0.3, -0.25) is 4.72 Å². The fraction of sp³-hybridized carbons (Fsp3) is 0.500. The Morgan fingerprint density at radius 1 is 1.33 bits per heavy atom. The summed E-state index contributed by atoms with van der Waals surface area (Å²) >= 11 is 0. The molecule has 0 aliphatic carbocycles. The van der Waals surface area contributed by atoms with Crippen molar-refractivity contribution < 1.29 is 26.7 Å². The van der Waals surface area contributed by atoms with E-state index in [1.165, 1.54) is 20.0 Å². The van der Waals surface area contributed by atoms with E-state index in [0.717, 1.165) is 16.4 Å². The van der Waals surface area contributed by atoms with Gasteiger partial charge >= 0.3 is 16.4 Å². The maximum absolute atomic E-state index is 12.6. The van der Waals surface area contributed by atoms with E-state index < -0.39 is 21.9 Å². The number of hydrogen-bond donors (Lipinski definition) is 2. The van der Waals surface area contributed by atoms with Gasteiger partial charge in [0.25, 0.3) is 0 Å². The second-order valence-electron chi connectivity index (χ2n) is 4.53. The van der Waals surface area contributed by atoms with Gasteiger partial charge in [0.2, 0.25) is 0 Å². The maximum atomic E-state index is 12.6. The first-order valence-electron chi connectivity index (χ1n) is 6.10. The Kier molecular flexibility index (Phi) is 5.60. The predicted molar refractivity (Wildman–Crippen MR) is 73.1 cm³/mol. The van der Waals surface area contributed by atoms with Crippen LogP contribution in [0.25, 0.3) is 0 Å².